The van der Waals surface area contributed by atoms with Crippen molar-refractivity contribution in [2.45, 2.75) is 104 Å². The van der Waals surface area contributed by atoms with Crippen LogP contribution in [0.15, 0.2) is 18.2 Å². The number of carbonyl (C=O) groups is 3. The maximum atomic E-state index is 14.5. The molecule has 0 aromatic heterocycles. The monoisotopic (exact) mass is 534 g/mol. The van der Waals surface area contributed by atoms with E-state index < -0.39 is 82.8 Å². The van der Waals surface area contributed by atoms with Crippen molar-refractivity contribution in [3.63, 3.8) is 0 Å². The predicted octanol–water partition coefficient (Wildman–Crippen LogP) is 5.97. The Kier molecular flexibility index (Phi) is 10.2. The molecular formula is C26H37F4NO6. The first kappa shape index (κ1) is 32.2. The van der Waals surface area contributed by atoms with Gasteiger partial charge in [0.25, 0.3) is 0 Å². The number of ether oxygens (including phenoxy) is 3. The first-order valence-corrected chi connectivity index (χ1v) is 11.8. The number of esters is 2. The number of carbonyl (C=O) groups excluding carboxylic acids is 3. The van der Waals surface area contributed by atoms with Crippen LogP contribution in [0.1, 0.15) is 79.9 Å². The first-order valence-electron chi connectivity index (χ1n) is 11.8. The highest BCUT2D eigenvalue weighted by atomic mass is 19.4. The number of alkyl halides is 3. The van der Waals surface area contributed by atoms with Crippen molar-refractivity contribution in [2.24, 2.45) is 5.92 Å². The van der Waals surface area contributed by atoms with Crippen LogP contribution in [0.5, 0.6) is 0 Å². The van der Waals surface area contributed by atoms with Crippen LogP contribution in [-0.2, 0) is 36.4 Å². The third-order valence-electron chi connectivity index (χ3n) is 4.48. The van der Waals surface area contributed by atoms with E-state index in [4.69, 9.17) is 14.2 Å². The van der Waals surface area contributed by atoms with E-state index in [1.54, 1.807) is 62.3 Å². The highest BCUT2D eigenvalue weighted by Crippen LogP contribution is 2.32. The van der Waals surface area contributed by atoms with Crippen LogP contribution in [0, 0.1) is 11.7 Å². The van der Waals surface area contributed by atoms with E-state index in [1.165, 1.54) is 0 Å². The van der Waals surface area contributed by atoms with Gasteiger partial charge in [0.15, 0.2) is 0 Å². The van der Waals surface area contributed by atoms with Crippen LogP contribution in [0.3, 0.4) is 0 Å². The molecule has 0 aliphatic rings. The van der Waals surface area contributed by atoms with Crippen molar-refractivity contribution in [1.29, 1.82) is 0 Å². The molecule has 1 aromatic carbocycles. The molecular weight excluding hydrogens is 497 g/mol. The van der Waals surface area contributed by atoms with Gasteiger partial charge in [-0.3, -0.25) is 4.79 Å². The Balaban J connectivity index is 3.42. The lowest BCUT2D eigenvalue weighted by Crippen LogP contribution is -2.48. The van der Waals surface area contributed by atoms with Gasteiger partial charge in [0.2, 0.25) is 0 Å². The van der Waals surface area contributed by atoms with Gasteiger partial charge in [0.1, 0.15) is 28.7 Å². The molecule has 1 aromatic rings. The highest BCUT2D eigenvalue weighted by Gasteiger charge is 2.36. The van der Waals surface area contributed by atoms with Crippen LogP contribution < -0.4 is 5.32 Å². The summed E-state index contributed by atoms with van der Waals surface area (Å²) in [6.45, 7) is 14.3. The zero-order valence-corrected chi connectivity index (χ0v) is 22.8. The third-order valence-corrected chi connectivity index (χ3v) is 4.48. The Hall–Kier alpha value is -2.85. The fourth-order valence-electron chi connectivity index (χ4n) is 3.14. The summed E-state index contributed by atoms with van der Waals surface area (Å²) < 4.78 is 70.2. The van der Waals surface area contributed by atoms with Gasteiger partial charge in [-0.25, -0.2) is 14.0 Å². The van der Waals surface area contributed by atoms with E-state index in [2.05, 4.69) is 5.32 Å². The smallest absolute Gasteiger partial charge is 0.416 e. The second-order valence-corrected chi connectivity index (χ2v) is 11.7. The van der Waals surface area contributed by atoms with Crippen molar-refractivity contribution in [2.75, 3.05) is 0 Å². The van der Waals surface area contributed by atoms with E-state index >= 15 is 0 Å². The van der Waals surface area contributed by atoms with E-state index in [0.29, 0.717) is 18.2 Å². The molecule has 2 atom stereocenters. The summed E-state index contributed by atoms with van der Waals surface area (Å²) in [5.74, 6) is -4.07. The van der Waals surface area contributed by atoms with E-state index in [-0.39, 0.29) is 0 Å². The lowest BCUT2D eigenvalue weighted by atomic mass is 9.91. The van der Waals surface area contributed by atoms with Gasteiger partial charge < -0.3 is 19.5 Å². The second-order valence-electron chi connectivity index (χ2n) is 11.7. The minimum absolute atomic E-state index is 0.397. The van der Waals surface area contributed by atoms with Crippen LogP contribution in [-0.4, -0.2) is 40.9 Å². The molecule has 0 aliphatic heterocycles. The fourth-order valence-corrected chi connectivity index (χ4v) is 3.14. The van der Waals surface area contributed by atoms with Crippen molar-refractivity contribution in [1.82, 2.24) is 5.32 Å². The minimum atomic E-state index is -4.73. The van der Waals surface area contributed by atoms with Crippen LogP contribution in [0.2, 0.25) is 0 Å². The Bertz CT molecular complexity index is 971. The Morgan fingerprint density at radius 3 is 1.76 bits per heavy atom. The molecule has 0 radical (unpaired) electrons. The molecule has 1 amide bonds. The number of hydrogen-bond acceptors (Lipinski definition) is 6. The molecule has 0 heterocycles. The van der Waals surface area contributed by atoms with Crippen LogP contribution in [0.25, 0.3) is 0 Å². The zero-order valence-electron chi connectivity index (χ0n) is 22.8. The summed E-state index contributed by atoms with van der Waals surface area (Å²) >= 11 is 0. The third kappa shape index (κ3) is 12.3. The van der Waals surface area contributed by atoms with Gasteiger partial charge in [-0.2, -0.15) is 13.2 Å². The topological polar surface area (TPSA) is 90.9 Å². The van der Waals surface area contributed by atoms with Crippen LogP contribution in [0.4, 0.5) is 22.4 Å². The Morgan fingerprint density at radius 2 is 1.30 bits per heavy atom. The lowest BCUT2D eigenvalue weighted by Gasteiger charge is -2.29. The Labute approximate surface area is 215 Å². The molecule has 0 saturated carbocycles. The molecule has 0 unspecified atom stereocenters. The molecule has 0 spiro atoms. The first-order chi connectivity index (χ1) is 16.5. The molecule has 0 bridgehead atoms. The normalized spacial score (nSPS) is 14.4. The van der Waals surface area contributed by atoms with Crippen molar-refractivity contribution in [3.05, 3.63) is 35.1 Å². The van der Waals surface area contributed by atoms with E-state index in [0.717, 1.165) is 0 Å². The quantitative estimate of drug-likeness (QED) is 0.263. The van der Waals surface area contributed by atoms with Crippen molar-refractivity contribution >= 4 is 18.0 Å². The molecule has 0 aliphatic carbocycles. The molecule has 1 N–H and O–H groups in total. The minimum Gasteiger partial charge on any atom is -0.460 e. The summed E-state index contributed by atoms with van der Waals surface area (Å²) in [6, 6.07) is 0.417. The van der Waals surface area contributed by atoms with E-state index in [1.807, 2.05) is 0 Å². The highest BCUT2D eigenvalue weighted by molar-refractivity contribution is 5.83. The lowest BCUT2D eigenvalue weighted by molar-refractivity contribution is -0.162. The average molecular weight is 535 g/mol. The number of benzene rings is 1. The molecule has 0 fully saturated rings. The summed E-state index contributed by atoms with van der Waals surface area (Å²) in [4.78, 5) is 38.4. The maximum Gasteiger partial charge on any atom is 0.416 e. The average Bonchev–Trinajstić information content (AvgIpc) is 2.63. The molecule has 1 rings (SSSR count). The summed E-state index contributed by atoms with van der Waals surface area (Å²) in [5.41, 5.74) is -4.34. The van der Waals surface area contributed by atoms with E-state index in [9.17, 15) is 31.9 Å². The molecule has 11 heteroatoms. The fraction of sp³-hybridized carbons (Fsp3) is 0.654. The number of amides is 1. The summed E-state index contributed by atoms with van der Waals surface area (Å²) in [7, 11) is 0. The van der Waals surface area contributed by atoms with Gasteiger partial charge in [0, 0.05) is 0 Å². The number of alkyl carbamates (subject to hydrolysis) is 1. The van der Waals surface area contributed by atoms with Gasteiger partial charge in [-0.15, -0.1) is 0 Å². The molecule has 7 nitrogen and oxygen atoms in total. The SMILES string of the molecule is CC(C)(C)OC(=O)N[C@@H](C[C@H](Cc1cc(C(F)(F)F)ccc1[18F])C(=O)OC(C)(C)C)C(=O)OC(C)(C)C. The standard InChI is InChI=1S/C26H37F4NO6/c1-23(2,3)35-20(32)16(12-15-13-17(26(28,29)30)10-11-18(15)27)14-19(21(33)36-24(4,5)6)31-22(34)37-25(7,8)9/h10-11,13,16,19H,12,14H2,1-9H3,(H,31,34)/t16-,19-/m0/s1/i27-1. The Morgan fingerprint density at radius 1 is 0.811 bits per heavy atom. The number of halogens is 4. The van der Waals surface area contributed by atoms with Crippen molar-refractivity contribution < 1.29 is 46.2 Å². The largest absolute Gasteiger partial charge is 0.460 e. The number of nitrogens with one attached hydrogen (secondary N) is 1. The van der Waals surface area contributed by atoms with Gasteiger partial charge in [-0.1, -0.05) is 0 Å². The molecule has 37 heavy (non-hydrogen) atoms. The van der Waals surface area contributed by atoms with Crippen molar-refractivity contribution in [3.8, 4) is 0 Å². The van der Waals surface area contributed by atoms with Gasteiger partial charge in [0.05, 0.1) is 11.5 Å². The predicted molar refractivity (Wildman–Crippen MR) is 128 cm³/mol. The number of rotatable bonds is 7. The maximum absolute atomic E-state index is 14.5. The molecule has 0 saturated heterocycles. The molecule has 210 valence electrons. The van der Waals surface area contributed by atoms with Gasteiger partial charge >= 0.3 is 24.2 Å². The number of hydrogen-bond donors (Lipinski definition) is 1. The summed E-state index contributed by atoms with van der Waals surface area (Å²) in [6.07, 6.45) is -6.68. The summed E-state index contributed by atoms with van der Waals surface area (Å²) in [5, 5.41) is 2.36. The second kappa shape index (κ2) is 11.7. The van der Waals surface area contributed by atoms with Gasteiger partial charge in [-0.05, 0) is 98.9 Å². The zero-order chi connectivity index (χ0) is 29.0. The van der Waals surface area contributed by atoms with Crippen LogP contribution >= 0.6 is 0 Å².